The number of nitrogens with zero attached hydrogens (tertiary/aromatic N) is 1. The van der Waals surface area contributed by atoms with Crippen molar-refractivity contribution in [3.63, 3.8) is 0 Å². The van der Waals surface area contributed by atoms with Crippen molar-refractivity contribution in [2.24, 2.45) is 11.7 Å². The molecule has 0 spiro atoms. The summed E-state index contributed by atoms with van der Waals surface area (Å²) in [6, 6.07) is 0.133. The van der Waals surface area contributed by atoms with Gasteiger partial charge in [0.2, 0.25) is 5.91 Å². The van der Waals surface area contributed by atoms with Crippen LogP contribution in [-0.2, 0) is 4.79 Å². The molecule has 1 rings (SSSR count). The van der Waals surface area contributed by atoms with Crippen LogP contribution < -0.4 is 11.1 Å². The van der Waals surface area contributed by atoms with Gasteiger partial charge in [-0.15, -0.1) is 0 Å². The predicted molar refractivity (Wildman–Crippen MR) is 43.7 cm³/mol. The van der Waals surface area contributed by atoms with Crippen molar-refractivity contribution >= 4 is 5.91 Å². The van der Waals surface area contributed by atoms with E-state index in [-0.39, 0.29) is 17.9 Å². The van der Waals surface area contributed by atoms with E-state index in [1.165, 1.54) is 0 Å². The fourth-order valence-electron chi connectivity index (χ4n) is 1.62. The van der Waals surface area contributed by atoms with Crippen molar-refractivity contribution in [2.75, 3.05) is 0 Å². The van der Waals surface area contributed by atoms with Gasteiger partial charge in [0.05, 0.1) is 0 Å². The molecule has 12 heavy (non-hydrogen) atoms. The molecule has 1 aliphatic rings. The molecule has 0 aromatic carbocycles. The van der Waals surface area contributed by atoms with E-state index in [2.05, 4.69) is 5.32 Å². The van der Waals surface area contributed by atoms with Crippen molar-refractivity contribution in [1.29, 1.82) is 5.26 Å². The van der Waals surface area contributed by atoms with Crippen LogP contribution in [0, 0.1) is 17.4 Å². The third kappa shape index (κ3) is 2.21. The summed E-state index contributed by atoms with van der Waals surface area (Å²) in [5.41, 5.74) is 5.70. The lowest BCUT2D eigenvalue weighted by Crippen LogP contribution is -2.36. The smallest absolute Gasteiger partial charge is 0.236 e. The lowest BCUT2D eigenvalue weighted by atomic mass is 9.86. The van der Waals surface area contributed by atoms with Crippen LogP contribution in [0.2, 0.25) is 0 Å². The first-order chi connectivity index (χ1) is 5.74. The Hall–Kier alpha value is -1.08. The SMILES string of the molecule is N#CNC(=O)C1CCCC(N)C1. The second-order valence-corrected chi connectivity index (χ2v) is 3.22. The fourth-order valence-corrected chi connectivity index (χ4v) is 1.62. The van der Waals surface area contributed by atoms with Gasteiger partial charge in [0.25, 0.3) is 0 Å². The molecule has 4 nitrogen and oxygen atoms in total. The summed E-state index contributed by atoms with van der Waals surface area (Å²) in [4.78, 5) is 11.2. The first kappa shape index (κ1) is 9.01. The summed E-state index contributed by atoms with van der Waals surface area (Å²) in [6.07, 6.45) is 5.20. The van der Waals surface area contributed by atoms with Gasteiger partial charge in [-0.25, -0.2) is 0 Å². The highest BCUT2D eigenvalue weighted by molar-refractivity contribution is 5.80. The number of carbonyl (C=O) groups excluding carboxylic acids is 1. The third-order valence-electron chi connectivity index (χ3n) is 2.26. The maximum absolute atomic E-state index is 11.2. The Morgan fingerprint density at radius 1 is 1.58 bits per heavy atom. The molecule has 0 bridgehead atoms. The van der Waals surface area contributed by atoms with Gasteiger partial charge in [-0.3, -0.25) is 10.1 Å². The standard InChI is InChI=1S/C8H13N3O/c9-5-11-8(12)6-2-1-3-7(10)4-6/h6-7H,1-4,10H2,(H,11,12). The van der Waals surface area contributed by atoms with Crippen molar-refractivity contribution in [3.05, 3.63) is 0 Å². The fraction of sp³-hybridized carbons (Fsp3) is 0.750. The minimum absolute atomic E-state index is 0.0478. The number of nitrogens with two attached hydrogens (primary N) is 1. The highest BCUT2D eigenvalue weighted by Crippen LogP contribution is 2.22. The van der Waals surface area contributed by atoms with E-state index in [0.717, 1.165) is 19.3 Å². The summed E-state index contributed by atoms with van der Waals surface area (Å²) in [5.74, 6) is -0.221. The van der Waals surface area contributed by atoms with Crippen molar-refractivity contribution in [2.45, 2.75) is 31.7 Å². The Morgan fingerprint density at radius 2 is 2.33 bits per heavy atom. The van der Waals surface area contributed by atoms with E-state index < -0.39 is 0 Å². The van der Waals surface area contributed by atoms with Gasteiger partial charge in [0.15, 0.2) is 6.19 Å². The van der Waals surface area contributed by atoms with E-state index in [1.54, 1.807) is 6.19 Å². The minimum atomic E-state index is -0.173. The topological polar surface area (TPSA) is 78.9 Å². The molecule has 1 saturated carbocycles. The van der Waals surface area contributed by atoms with Gasteiger partial charge in [-0.2, -0.15) is 5.26 Å². The van der Waals surface area contributed by atoms with Crippen LogP contribution in [0.1, 0.15) is 25.7 Å². The summed E-state index contributed by atoms with van der Waals surface area (Å²) < 4.78 is 0. The highest BCUT2D eigenvalue weighted by Gasteiger charge is 2.24. The molecular weight excluding hydrogens is 154 g/mol. The minimum Gasteiger partial charge on any atom is -0.328 e. The lowest BCUT2D eigenvalue weighted by Gasteiger charge is -2.24. The molecule has 0 radical (unpaired) electrons. The quantitative estimate of drug-likeness (QED) is 0.429. The molecule has 2 unspecified atom stereocenters. The maximum Gasteiger partial charge on any atom is 0.236 e. The Balaban J connectivity index is 2.41. The van der Waals surface area contributed by atoms with Crippen LogP contribution in [0.3, 0.4) is 0 Å². The van der Waals surface area contributed by atoms with E-state index >= 15 is 0 Å². The number of nitrogens with one attached hydrogen (secondary N) is 1. The molecule has 1 amide bonds. The molecule has 1 aliphatic carbocycles. The molecule has 2 atom stereocenters. The van der Waals surface area contributed by atoms with Crippen LogP contribution in [0.25, 0.3) is 0 Å². The van der Waals surface area contributed by atoms with Gasteiger partial charge in [0, 0.05) is 12.0 Å². The molecule has 1 fully saturated rings. The van der Waals surface area contributed by atoms with E-state index in [4.69, 9.17) is 11.0 Å². The van der Waals surface area contributed by atoms with Crippen molar-refractivity contribution in [1.82, 2.24) is 5.32 Å². The van der Waals surface area contributed by atoms with Gasteiger partial charge in [0.1, 0.15) is 0 Å². The van der Waals surface area contributed by atoms with Gasteiger partial charge < -0.3 is 5.73 Å². The first-order valence-corrected chi connectivity index (χ1v) is 4.18. The largest absolute Gasteiger partial charge is 0.328 e. The zero-order valence-electron chi connectivity index (χ0n) is 6.92. The van der Waals surface area contributed by atoms with Crippen LogP contribution in [0.5, 0.6) is 0 Å². The Labute approximate surface area is 71.7 Å². The van der Waals surface area contributed by atoms with E-state index in [9.17, 15) is 4.79 Å². The van der Waals surface area contributed by atoms with E-state index in [0.29, 0.717) is 6.42 Å². The number of hydrogen-bond donors (Lipinski definition) is 2. The van der Waals surface area contributed by atoms with Crippen molar-refractivity contribution < 1.29 is 4.79 Å². The van der Waals surface area contributed by atoms with Gasteiger partial charge in [-0.05, 0) is 19.3 Å². The lowest BCUT2D eigenvalue weighted by molar-refractivity contribution is -0.124. The number of nitriles is 1. The summed E-state index contributed by atoms with van der Waals surface area (Å²) in [5, 5.41) is 10.4. The summed E-state index contributed by atoms with van der Waals surface area (Å²) in [7, 11) is 0. The second kappa shape index (κ2) is 4.07. The molecule has 0 aromatic heterocycles. The number of amides is 1. The molecule has 0 saturated heterocycles. The van der Waals surface area contributed by atoms with Crippen LogP contribution in [0.15, 0.2) is 0 Å². The molecule has 0 aromatic rings. The zero-order chi connectivity index (χ0) is 8.97. The van der Waals surface area contributed by atoms with Crippen LogP contribution >= 0.6 is 0 Å². The normalized spacial score (nSPS) is 29.0. The molecule has 0 heterocycles. The average molecular weight is 167 g/mol. The Morgan fingerprint density at radius 3 is 2.92 bits per heavy atom. The summed E-state index contributed by atoms with van der Waals surface area (Å²) >= 11 is 0. The zero-order valence-corrected chi connectivity index (χ0v) is 6.92. The number of hydrogen-bond acceptors (Lipinski definition) is 3. The van der Waals surface area contributed by atoms with Crippen molar-refractivity contribution in [3.8, 4) is 6.19 Å². The van der Waals surface area contributed by atoms with Crippen LogP contribution in [-0.4, -0.2) is 11.9 Å². The maximum atomic E-state index is 11.2. The molecule has 66 valence electrons. The third-order valence-corrected chi connectivity index (χ3v) is 2.26. The first-order valence-electron chi connectivity index (χ1n) is 4.18. The van der Waals surface area contributed by atoms with Gasteiger partial charge >= 0.3 is 0 Å². The number of carbonyl (C=O) groups is 1. The van der Waals surface area contributed by atoms with Crippen LogP contribution in [0.4, 0.5) is 0 Å². The number of rotatable bonds is 1. The molecule has 3 N–H and O–H groups in total. The highest BCUT2D eigenvalue weighted by atomic mass is 16.1. The monoisotopic (exact) mass is 167 g/mol. The second-order valence-electron chi connectivity index (χ2n) is 3.22. The average Bonchev–Trinajstić information content (AvgIpc) is 2.05. The molecule has 4 heteroatoms. The Kier molecular flexibility index (Phi) is 3.06. The van der Waals surface area contributed by atoms with Gasteiger partial charge in [-0.1, -0.05) is 6.42 Å². The Bertz CT molecular complexity index is 209. The molecule has 0 aliphatic heterocycles. The molecular formula is C8H13N3O. The predicted octanol–water partition coefficient (Wildman–Crippen LogP) is 0.101. The van der Waals surface area contributed by atoms with E-state index in [1.807, 2.05) is 0 Å². The summed E-state index contributed by atoms with van der Waals surface area (Å²) in [6.45, 7) is 0.